The van der Waals surface area contributed by atoms with Crippen molar-refractivity contribution in [2.24, 2.45) is 0 Å². The summed E-state index contributed by atoms with van der Waals surface area (Å²) in [6.45, 7) is 5.83. The van der Waals surface area contributed by atoms with E-state index < -0.39 is 6.10 Å². The second kappa shape index (κ2) is 7.71. The van der Waals surface area contributed by atoms with Crippen molar-refractivity contribution in [3.63, 3.8) is 0 Å². The van der Waals surface area contributed by atoms with Gasteiger partial charge in [0.05, 0.1) is 25.4 Å². The molecule has 2 rings (SSSR count). The number of likely N-dealkylation sites (N-methyl/N-ethyl adjacent to an activating group) is 1. The van der Waals surface area contributed by atoms with Gasteiger partial charge in [-0.25, -0.2) is 0 Å². The van der Waals surface area contributed by atoms with Gasteiger partial charge in [-0.3, -0.25) is 9.80 Å². The van der Waals surface area contributed by atoms with Gasteiger partial charge in [0.25, 0.3) is 0 Å². The molecule has 2 fully saturated rings. The van der Waals surface area contributed by atoms with Crippen LogP contribution in [0, 0.1) is 0 Å². The molecule has 0 saturated carbocycles. The van der Waals surface area contributed by atoms with Crippen LogP contribution in [0.2, 0.25) is 0 Å². The average Bonchev–Trinajstić information content (AvgIpc) is 2.65. The molecule has 0 amide bonds. The van der Waals surface area contributed by atoms with E-state index in [0.717, 1.165) is 25.7 Å². The molecule has 0 aliphatic carbocycles. The zero-order valence-corrected chi connectivity index (χ0v) is 13.1. The Hall–Kier alpha value is -0.200. The Bertz CT molecular complexity index is 290. The van der Waals surface area contributed by atoms with Crippen molar-refractivity contribution >= 4 is 0 Å². The lowest BCUT2D eigenvalue weighted by atomic mass is 10.1. The summed E-state index contributed by atoms with van der Waals surface area (Å²) in [5.74, 6) is 0. The number of aliphatic hydroxyl groups is 1. The van der Waals surface area contributed by atoms with Gasteiger partial charge in [-0.15, -0.1) is 0 Å². The van der Waals surface area contributed by atoms with Crippen molar-refractivity contribution in [2.45, 2.75) is 50.5 Å². The van der Waals surface area contributed by atoms with E-state index >= 15 is 0 Å². The van der Waals surface area contributed by atoms with Crippen LogP contribution in [0.4, 0.5) is 0 Å². The van der Waals surface area contributed by atoms with Crippen LogP contribution in [0.3, 0.4) is 0 Å². The molecule has 1 N–H and O–H groups in total. The molecule has 0 aromatic heterocycles. The lowest BCUT2D eigenvalue weighted by Gasteiger charge is -2.27. The summed E-state index contributed by atoms with van der Waals surface area (Å²) in [4.78, 5) is 4.93. The van der Waals surface area contributed by atoms with E-state index in [9.17, 15) is 5.11 Å². The molecule has 2 aliphatic heterocycles. The first-order valence-corrected chi connectivity index (χ1v) is 7.83. The van der Waals surface area contributed by atoms with Gasteiger partial charge in [0.1, 0.15) is 0 Å². The highest BCUT2D eigenvalue weighted by Crippen LogP contribution is 2.28. The fraction of sp³-hybridized carbons (Fsp3) is 1.00. The number of nitrogens with zero attached hydrogens (tertiary/aromatic N) is 2. The molecule has 4 unspecified atom stereocenters. The van der Waals surface area contributed by atoms with Crippen molar-refractivity contribution in [2.75, 3.05) is 47.0 Å². The Morgan fingerprint density at radius 2 is 1.95 bits per heavy atom. The normalized spacial score (nSPS) is 31.2. The SMILES string of the molecule is COCC(C)OCC(O)CN1CCC2CCC(C1)N2C. The third-order valence-electron chi connectivity index (χ3n) is 4.68. The minimum absolute atomic E-state index is 0.0425. The van der Waals surface area contributed by atoms with E-state index in [0.29, 0.717) is 19.3 Å². The van der Waals surface area contributed by atoms with E-state index in [-0.39, 0.29) is 6.10 Å². The van der Waals surface area contributed by atoms with Gasteiger partial charge in [0.15, 0.2) is 0 Å². The largest absolute Gasteiger partial charge is 0.389 e. The van der Waals surface area contributed by atoms with Crippen LogP contribution in [-0.4, -0.2) is 86.2 Å². The molecule has 0 radical (unpaired) electrons. The average molecular weight is 286 g/mol. The minimum atomic E-state index is -0.406. The first-order chi connectivity index (χ1) is 9.60. The summed E-state index contributed by atoms with van der Waals surface area (Å²) >= 11 is 0. The van der Waals surface area contributed by atoms with Crippen LogP contribution in [0.25, 0.3) is 0 Å². The summed E-state index contributed by atoms with van der Waals surface area (Å²) in [5.41, 5.74) is 0. The van der Waals surface area contributed by atoms with Crippen molar-refractivity contribution in [3.05, 3.63) is 0 Å². The van der Waals surface area contributed by atoms with Crippen molar-refractivity contribution in [3.8, 4) is 0 Å². The lowest BCUT2D eigenvalue weighted by molar-refractivity contribution is -0.0401. The third kappa shape index (κ3) is 4.40. The third-order valence-corrected chi connectivity index (χ3v) is 4.68. The predicted octanol–water partition coefficient (Wildman–Crippen LogP) is 0.567. The molecule has 20 heavy (non-hydrogen) atoms. The first-order valence-electron chi connectivity index (χ1n) is 7.83. The number of fused-ring (bicyclic) bond motifs is 2. The predicted molar refractivity (Wildman–Crippen MR) is 78.9 cm³/mol. The molecule has 118 valence electrons. The van der Waals surface area contributed by atoms with E-state index in [1.165, 1.54) is 19.3 Å². The first kappa shape index (κ1) is 16.2. The number of aliphatic hydroxyl groups excluding tert-OH is 1. The zero-order chi connectivity index (χ0) is 14.5. The second-order valence-electron chi connectivity index (χ2n) is 6.35. The Labute approximate surface area is 122 Å². The molecule has 5 heteroatoms. The molecule has 2 heterocycles. The van der Waals surface area contributed by atoms with Gasteiger partial charge in [-0.1, -0.05) is 0 Å². The van der Waals surface area contributed by atoms with E-state index in [4.69, 9.17) is 9.47 Å². The number of hydrogen-bond donors (Lipinski definition) is 1. The molecule has 2 bridgehead atoms. The Morgan fingerprint density at radius 3 is 2.70 bits per heavy atom. The molecule has 0 spiro atoms. The van der Waals surface area contributed by atoms with Crippen molar-refractivity contribution in [1.29, 1.82) is 0 Å². The summed E-state index contributed by atoms with van der Waals surface area (Å²) in [7, 11) is 3.91. The van der Waals surface area contributed by atoms with Gasteiger partial charge in [0, 0.05) is 32.3 Å². The number of ether oxygens (including phenoxy) is 2. The maximum Gasteiger partial charge on any atom is 0.0900 e. The fourth-order valence-electron chi connectivity index (χ4n) is 3.45. The minimum Gasteiger partial charge on any atom is -0.389 e. The molecule has 0 aromatic carbocycles. The number of hydrogen-bond acceptors (Lipinski definition) is 5. The molecule has 5 nitrogen and oxygen atoms in total. The molecule has 2 saturated heterocycles. The number of rotatable bonds is 7. The Kier molecular flexibility index (Phi) is 6.23. The Balaban J connectivity index is 1.70. The maximum absolute atomic E-state index is 10.1. The van der Waals surface area contributed by atoms with E-state index in [1.54, 1.807) is 7.11 Å². The van der Waals surface area contributed by atoms with Crippen LogP contribution in [0.15, 0.2) is 0 Å². The van der Waals surface area contributed by atoms with Gasteiger partial charge in [-0.2, -0.15) is 0 Å². The molecular formula is C15H30N2O3. The highest BCUT2D eigenvalue weighted by atomic mass is 16.5. The smallest absolute Gasteiger partial charge is 0.0900 e. The van der Waals surface area contributed by atoms with E-state index in [2.05, 4.69) is 16.8 Å². The molecule has 0 aromatic rings. The number of likely N-dealkylation sites (tertiary alicyclic amines) is 1. The van der Waals surface area contributed by atoms with Crippen LogP contribution in [0.1, 0.15) is 26.2 Å². The topological polar surface area (TPSA) is 45.2 Å². The van der Waals surface area contributed by atoms with E-state index in [1.807, 2.05) is 6.92 Å². The quantitative estimate of drug-likeness (QED) is 0.741. The summed E-state index contributed by atoms with van der Waals surface area (Å²) in [6, 6.07) is 1.42. The summed E-state index contributed by atoms with van der Waals surface area (Å²) in [6.07, 6.45) is 3.50. The van der Waals surface area contributed by atoms with Crippen LogP contribution in [0.5, 0.6) is 0 Å². The van der Waals surface area contributed by atoms with Crippen molar-refractivity contribution in [1.82, 2.24) is 9.80 Å². The highest BCUT2D eigenvalue weighted by molar-refractivity contribution is 4.91. The van der Waals surface area contributed by atoms with Gasteiger partial charge in [0.2, 0.25) is 0 Å². The van der Waals surface area contributed by atoms with Gasteiger partial charge in [-0.05, 0) is 39.8 Å². The van der Waals surface area contributed by atoms with Crippen LogP contribution < -0.4 is 0 Å². The monoisotopic (exact) mass is 286 g/mol. The van der Waals surface area contributed by atoms with Crippen molar-refractivity contribution < 1.29 is 14.6 Å². The second-order valence-corrected chi connectivity index (χ2v) is 6.35. The standard InChI is InChI=1S/C15H30N2O3/c1-12(10-19-3)20-11-15(18)9-17-7-6-13-4-5-14(8-17)16(13)2/h12-15,18H,4-11H2,1-3H3. The Morgan fingerprint density at radius 1 is 1.20 bits per heavy atom. The van der Waals surface area contributed by atoms with Crippen LogP contribution >= 0.6 is 0 Å². The van der Waals surface area contributed by atoms with Crippen LogP contribution in [-0.2, 0) is 9.47 Å². The number of methoxy groups -OCH3 is 1. The molecular weight excluding hydrogens is 256 g/mol. The van der Waals surface area contributed by atoms with Gasteiger partial charge >= 0.3 is 0 Å². The highest BCUT2D eigenvalue weighted by Gasteiger charge is 2.34. The summed E-state index contributed by atoms with van der Waals surface area (Å²) in [5, 5.41) is 10.1. The number of β-amino-alcohol motifs (C(OH)–C–C–N with tert-alkyl or cyclic N) is 1. The van der Waals surface area contributed by atoms with Gasteiger partial charge < -0.3 is 14.6 Å². The maximum atomic E-state index is 10.1. The molecule has 4 atom stereocenters. The summed E-state index contributed by atoms with van der Waals surface area (Å²) < 4.78 is 10.6. The zero-order valence-electron chi connectivity index (χ0n) is 13.1. The lowest BCUT2D eigenvalue weighted by Crippen LogP contribution is -2.41. The molecule has 2 aliphatic rings. The fourth-order valence-corrected chi connectivity index (χ4v) is 3.45.